The van der Waals surface area contributed by atoms with Gasteiger partial charge in [-0.05, 0) is 0 Å². The van der Waals surface area contributed by atoms with Crippen LogP contribution in [-0.2, 0) is 14.3 Å². The molecule has 0 fully saturated rings. The maximum Gasteiger partial charge on any atom is 0.289 e. The van der Waals surface area contributed by atoms with Gasteiger partial charge in [-0.25, -0.2) is 0 Å². The minimum atomic E-state index is -3.49. The molecule has 0 unspecified atom stereocenters. The zero-order valence-corrected chi connectivity index (χ0v) is 8.60. The van der Waals surface area contributed by atoms with Crippen LogP contribution in [0.25, 0.3) is 0 Å². The molecule has 0 radical (unpaired) electrons. The first-order valence-electron chi connectivity index (χ1n) is 3.59. The quantitative estimate of drug-likeness (QED) is 0.463. The Morgan fingerprint density at radius 2 is 1.92 bits per heavy atom. The lowest BCUT2D eigenvalue weighted by atomic mass is 10.5. The van der Waals surface area contributed by atoms with Crippen molar-refractivity contribution >= 4 is 10.1 Å². The predicted molar refractivity (Wildman–Crippen MR) is 48.0 cm³/mol. The lowest BCUT2D eigenvalue weighted by molar-refractivity contribution is -0.870. The van der Waals surface area contributed by atoms with E-state index in [1.54, 1.807) is 0 Å². The first-order chi connectivity index (χ1) is 5.27. The van der Waals surface area contributed by atoms with E-state index in [1.807, 2.05) is 21.1 Å². The van der Waals surface area contributed by atoms with Gasteiger partial charge in [-0.2, -0.15) is 8.42 Å². The summed E-state index contributed by atoms with van der Waals surface area (Å²) in [6.45, 7) is 3.97. The monoisotopic (exact) mass is 194 g/mol. The predicted octanol–water partition coefficient (Wildman–Crippen LogP) is 0.182. The van der Waals surface area contributed by atoms with Crippen LogP contribution >= 0.6 is 0 Å². The lowest BCUT2D eigenvalue weighted by Gasteiger charge is -2.22. The number of likely N-dealkylation sites (N-methyl/N-ethyl adjacent to an activating group) is 1. The van der Waals surface area contributed by atoms with Crippen molar-refractivity contribution in [3.8, 4) is 0 Å². The van der Waals surface area contributed by atoms with Gasteiger partial charge in [0, 0.05) is 0 Å². The van der Waals surface area contributed by atoms with Crippen LogP contribution in [-0.4, -0.2) is 47.2 Å². The van der Waals surface area contributed by atoms with Crippen molar-refractivity contribution in [2.24, 2.45) is 0 Å². The summed E-state index contributed by atoms with van der Waals surface area (Å²) < 4.78 is 26.7. The Morgan fingerprint density at radius 3 is 2.25 bits per heavy atom. The van der Waals surface area contributed by atoms with Crippen molar-refractivity contribution in [2.45, 2.75) is 0 Å². The molecule has 0 bridgehead atoms. The number of quaternary nitrogens is 1. The highest BCUT2D eigenvalue weighted by molar-refractivity contribution is 7.89. The van der Waals surface area contributed by atoms with E-state index in [0.717, 1.165) is 5.41 Å². The minimum absolute atomic E-state index is 0.192. The van der Waals surface area contributed by atoms with E-state index in [2.05, 4.69) is 10.8 Å². The maximum absolute atomic E-state index is 10.7. The van der Waals surface area contributed by atoms with Crippen LogP contribution in [0.15, 0.2) is 12.0 Å². The molecule has 0 amide bonds. The summed E-state index contributed by atoms with van der Waals surface area (Å²) in [5.41, 5.74) is 0. The zero-order chi connectivity index (χ0) is 9.83. The van der Waals surface area contributed by atoms with Gasteiger partial charge in [0.25, 0.3) is 10.1 Å². The molecule has 0 saturated heterocycles. The van der Waals surface area contributed by atoms with E-state index >= 15 is 0 Å². The molecule has 4 nitrogen and oxygen atoms in total. The second kappa shape index (κ2) is 4.02. The number of hydrogen-bond acceptors (Lipinski definition) is 3. The van der Waals surface area contributed by atoms with Crippen LogP contribution in [0.3, 0.4) is 0 Å². The number of nitrogens with zero attached hydrogens (tertiary/aromatic N) is 1. The Bertz CT molecular complexity index is 238. The molecule has 0 rings (SSSR count). The van der Waals surface area contributed by atoms with Gasteiger partial charge in [0.15, 0.2) is 0 Å². The highest BCUT2D eigenvalue weighted by Crippen LogP contribution is 1.96. The summed E-state index contributed by atoms with van der Waals surface area (Å²) in [5.74, 6) is 0. The smallest absolute Gasteiger partial charge is 0.289 e. The molecule has 72 valence electrons. The lowest BCUT2D eigenvalue weighted by Crippen LogP contribution is -2.37. The first-order valence-corrected chi connectivity index (χ1v) is 5.06. The topological polar surface area (TPSA) is 43.4 Å². The van der Waals surface area contributed by atoms with Crippen molar-refractivity contribution in [3.05, 3.63) is 12.0 Å². The SMILES string of the molecule is C=CS(=O)(=O)OCC[N+](C)(C)C. The summed E-state index contributed by atoms with van der Waals surface area (Å²) in [7, 11) is 2.40. The molecular formula is C7H16NO3S+. The van der Waals surface area contributed by atoms with Gasteiger partial charge < -0.3 is 4.48 Å². The van der Waals surface area contributed by atoms with Crippen molar-refractivity contribution in [1.82, 2.24) is 0 Å². The molecule has 0 spiro atoms. The molecule has 0 aromatic rings. The fourth-order valence-corrected chi connectivity index (χ4v) is 0.878. The molecule has 5 heteroatoms. The summed E-state index contributed by atoms with van der Waals surface area (Å²) in [6.07, 6.45) is 0. The third kappa shape index (κ3) is 6.33. The van der Waals surface area contributed by atoms with E-state index in [-0.39, 0.29) is 6.61 Å². The molecule has 0 saturated carbocycles. The Balaban J connectivity index is 3.80. The molecule has 0 atom stereocenters. The average molecular weight is 194 g/mol. The molecule has 0 aromatic carbocycles. The average Bonchev–Trinajstić information content (AvgIpc) is 1.84. The summed E-state index contributed by atoms with van der Waals surface area (Å²) >= 11 is 0. The van der Waals surface area contributed by atoms with Gasteiger partial charge in [-0.15, -0.1) is 0 Å². The largest absolute Gasteiger partial charge is 0.329 e. The molecule has 0 N–H and O–H groups in total. The highest BCUT2D eigenvalue weighted by Gasteiger charge is 2.10. The third-order valence-corrected chi connectivity index (χ3v) is 2.12. The molecule has 12 heavy (non-hydrogen) atoms. The zero-order valence-electron chi connectivity index (χ0n) is 7.78. The summed E-state index contributed by atoms with van der Waals surface area (Å²) in [6, 6.07) is 0. The molecule has 0 aromatic heterocycles. The Morgan fingerprint density at radius 1 is 1.42 bits per heavy atom. The van der Waals surface area contributed by atoms with E-state index in [4.69, 9.17) is 0 Å². The first kappa shape index (κ1) is 11.6. The van der Waals surface area contributed by atoms with Crippen molar-refractivity contribution in [2.75, 3.05) is 34.3 Å². The number of hydrogen-bond donors (Lipinski definition) is 0. The highest BCUT2D eigenvalue weighted by atomic mass is 32.2. The Labute approximate surface area is 74.2 Å². The molecule has 0 heterocycles. The van der Waals surface area contributed by atoms with Crippen molar-refractivity contribution in [3.63, 3.8) is 0 Å². The minimum Gasteiger partial charge on any atom is -0.329 e. The van der Waals surface area contributed by atoms with Gasteiger partial charge >= 0.3 is 0 Å². The molecular weight excluding hydrogens is 178 g/mol. The van der Waals surface area contributed by atoms with Crippen molar-refractivity contribution in [1.29, 1.82) is 0 Å². The van der Waals surface area contributed by atoms with E-state index in [9.17, 15) is 8.42 Å². The maximum atomic E-state index is 10.7. The van der Waals surface area contributed by atoms with Crippen LogP contribution in [0.2, 0.25) is 0 Å². The van der Waals surface area contributed by atoms with Crippen LogP contribution in [0.1, 0.15) is 0 Å². The fraction of sp³-hybridized carbons (Fsp3) is 0.714. The molecule has 0 aliphatic carbocycles. The standard InChI is InChI=1S/C7H16NO3S/c1-5-12(9,10)11-7-6-8(2,3)4/h5H,1,6-7H2,2-4H3/q+1. The van der Waals surface area contributed by atoms with Crippen LogP contribution in [0.5, 0.6) is 0 Å². The summed E-state index contributed by atoms with van der Waals surface area (Å²) in [5, 5.41) is 0.808. The van der Waals surface area contributed by atoms with E-state index in [1.165, 1.54) is 0 Å². The van der Waals surface area contributed by atoms with Crippen LogP contribution in [0, 0.1) is 0 Å². The third-order valence-electron chi connectivity index (χ3n) is 1.21. The normalized spacial score (nSPS) is 12.9. The van der Waals surface area contributed by atoms with Crippen LogP contribution < -0.4 is 0 Å². The molecule has 0 aliphatic heterocycles. The van der Waals surface area contributed by atoms with E-state index < -0.39 is 10.1 Å². The second-order valence-corrected chi connectivity index (χ2v) is 5.05. The summed E-state index contributed by atoms with van der Waals surface area (Å²) in [4.78, 5) is 0. The van der Waals surface area contributed by atoms with Gasteiger partial charge in [-0.1, -0.05) is 6.58 Å². The Hall–Kier alpha value is -0.390. The van der Waals surface area contributed by atoms with Crippen molar-refractivity contribution < 1.29 is 17.1 Å². The molecule has 0 aliphatic rings. The fourth-order valence-electron chi connectivity index (χ4n) is 0.475. The van der Waals surface area contributed by atoms with Gasteiger partial charge in [-0.3, -0.25) is 4.18 Å². The van der Waals surface area contributed by atoms with Gasteiger partial charge in [0.1, 0.15) is 13.2 Å². The number of rotatable bonds is 5. The second-order valence-electron chi connectivity index (χ2n) is 3.50. The van der Waals surface area contributed by atoms with Gasteiger partial charge in [0.05, 0.1) is 26.6 Å². The Kier molecular flexibility index (Phi) is 3.89. The van der Waals surface area contributed by atoms with E-state index in [0.29, 0.717) is 11.0 Å². The van der Waals surface area contributed by atoms with Gasteiger partial charge in [0.2, 0.25) is 0 Å². The van der Waals surface area contributed by atoms with Crippen LogP contribution in [0.4, 0.5) is 0 Å².